The van der Waals surface area contributed by atoms with Gasteiger partial charge in [0.25, 0.3) is 0 Å². The Labute approximate surface area is 156 Å². The first-order valence-electron chi connectivity index (χ1n) is 9.04. The lowest BCUT2D eigenvalue weighted by Crippen LogP contribution is -2.11. The number of fused-ring (bicyclic) bond motifs is 1. The zero-order valence-electron chi connectivity index (χ0n) is 14.7. The third kappa shape index (κ3) is 2.89. The molecule has 1 unspecified atom stereocenters. The average Bonchev–Trinajstić information content (AvgIpc) is 3.46. The Hall–Kier alpha value is -3.09. The van der Waals surface area contributed by atoms with Crippen LogP contribution in [0.1, 0.15) is 36.4 Å². The molecule has 0 saturated heterocycles. The first kappa shape index (κ1) is 16.1. The highest BCUT2D eigenvalue weighted by molar-refractivity contribution is 5.79. The van der Waals surface area contributed by atoms with Crippen molar-refractivity contribution in [3.05, 3.63) is 72.4 Å². The standard InChI is InChI=1S/C21H19N5O/c22-21(27)18-11-24-19-9-8-14(12-26(18)19)15-3-2-10-23-20(15)17-5-1-4-16(25-17)13-6-7-13/h1-5,8-13,21,27H,6-7,22H2. The van der Waals surface area contributed by atoms with Crippen molar-refractivity contribution < 1.29 is 5.11 Å². The summed E-state index contributed by atoms with van der Waals surface area (Å²) in [5.41, 5.74) is 11.7. The van der Waals surface area contributed by atoms with Gasteiger partial charge in [-0.1, -0.05) is 12.1 Å². The van der Waals surface area contributed by atoms with E-state index < -0.39 is 6.23 Å². The van der Waals surface area contributed by atoms with Gasteiger partial charge in [-0.25, -0.2) is 4.98 Å². The summed E-state index contributed by atoms with van der Waals surface area (Å²) in [6, 6.07) is 14.0. The quantitative estimate of drug-likeness (QED) is 0.547. The normalized spacial score (nSPS) is 15.2. The van der Waals surface area contributed by atoms with Gasteiger partial charge in [0, 0.05) is 35.1 Å². The highest BCUT2D eigenvalue weighted by Crippen LogP contribution is 2.40. The highest BCUT2D eigenvalue weighted by Gasteiger charge is 2.25. The zero-order valence-corrected chi connectivity index (χ0v) is 14.7. The molecule has 4 aromatic rings. The van der Waals surface area contributed by atoms with Crippen LogP contribution >= 0.6 is 0 Å². The summed E-state index contributed by atoms with van der Waals surface area (Å²) in [5.74, 6) is 0.591. The summed E-state index contributed by atoms with van der Waals surface area (Å²) in [7, 11) is 0. The smallest absolute Gasteiger partial charge is 0.145 e. The minimum absolute atomic E-state index is 0.547. The van der Waals surface area contributed by atoms with Crippen LogP contribution in [-0.4, -0.2) is 24.5 Å². The van der Waals surface area contributed by atoms with Crippen molar-refractivity contribution in [1.29, 1.82) is 0 Å². The van der Waals surface area contributed by atoms with E-state index in [4.69, 9.17) is 10.7 Å². The number of hydrogen-bond donors (Lipinski definition) is 2. The van der Waals surface area contributed by atoms with E-state index in [9.17, 15) is 5.11 Å². The molecule has 0 radical (unpaired) electrons. The molecule has 0 aliphatic heterocycles. The van der Waals surface area contributed by atoms with Crippen molar-refractivity contribution in [2.75, 3.05) is 0 Å². The Bertz CT molecular complexity index is 1130. The van der Waals surface area contributed by atoms with Gasteiger partial charge in [0.05, 0.1) is 23.3 Å². The third-order valence-electron chi connectivity index (χ3n) is 4.96. The van der Waals surface area contributed by atoms with Gasteiger partial charge in [0.2, 0.25) is 0 Å². The number of rotatable bonds is 4. The maximum Gasteiger partial charge on any atom is 0.145 e. The predicted molar refractivity (Wildman–Crippen MR) is 103 cm³/mol. The van der Waals surface area contributed by atoms with Crippen LogP contribution in [0.5, 0.6) is 0 Å². The molecule has 6 heteroatoms. The monoisotopic (exact) mass is 357 g/mol. The van der Waals surface area contributed by atoms with Crippen LogP contribution in [0.15, 0.2) is 61.1 Å². The molecule has 1 aliphatic rings. The molecule has 1 aliphatic carbocycles. The minimum Gasteiger partial charge on any atom is -0.373 e. The van der Waals surface area contributed by atoms with E-state index in [1.807, 2.05) is 40.9 Å². The van der Waals surface area contributed by atoms with Crippen LogP contribution in [0.3, 0.4) is 0 Å². The van der Waals surface area contributed by atoms with Gasteiger partial charge >= 0.3 is 0 Å². The largest absolute Gasteiger partial charge is 0.373 e. The van der Waals surface area contributed by atoms with Gasteiger partial charge in [0.15, 0.2) is 0 Å². The molecule has 4 heterocycles. The van der Waals surface area contributed by atoms with Crippen LogP contribution in [0, 0.1) is 0 Å². The van der Waals surface area contributed by atoms with Gasteiger partial charge < -0.3 is 10.8 Å². The SMILES string of the molecule is NC(O)c1cnc2ccc(-c3cccnc3-c3cccc(C4CC4)n3)cn12. The van der Waals surface area contributed by atoms with E-state index in [-0.39, 0.29) is 0 Å². The second kappa shape index (κ2) is 6.26. The Kier molecular flexibility index (Phi) is 3.74. The van der Waals surface area contributed by atoms with Crippen molar-refractivity contribution in [1.82, 2.24) is 19.4 Å². The fourth-order valence-corrected chi connectivity index (χ4v) is 3.41. The first-order chi connectivity index (χ1) is 13.2. The minimum atomic E-state index is -1.08. The summed E-state index contributed by atoms with van der Waals surface area (Å²) in [4.78, 5) is 13.7. The Morgan fingerprint density at radius 1 is 1.07 bits per heavy atom. The topological polar surface area (TPSA) is 89.3 Å². The molecule has 4 aromatic heterocycles. The maximum absolute atomic E-state index is 9.79. The lowest BCUT2D eigenvalue weighted by atomic mass is 10.0. The van der Waals surface area contributed by atoms with Crippen molar-refractivity contribution in [3.8, 4) is 22.5 Å². The number of aliphatic hydroxyl groups is 1. The molecular formula is C21H19N5O. The summed E-state index contributed by atoms with van der Waals surface area (Å²) in [5, 5.41) is 9.79. The Balaban J connectivity index is 1.65. The summed E-state index contributed by atoms with van der Waals surface area (Å²) >= 11 is 0. The number of imidazole rings is 1. The molecule has 5 rings (SSSR count). The van der Waals surface area contributed by atoms with E-state index >= 15 is 0 Å². The number of aromatic nitrogens is 4. The summed E-state index contributed by atoms with van der Waals surface area (Å²) in [6.45, 7) is 0. The van der Waals surface area contributed by atoms with Crippen molar-refractivity contribution in [3.63, 3.8) is 0 Å². The number of pyridine rings is 3. The lowest BCUT2D eigenvalue weighted by molar-refractivity contribution is 0.180. The van der Waals surface area contributed by atoms with Crippen molar-refractivity contribution >= 4 is 5.65 Å². The molecule has 0 bridgehead atoms. The second-order valence-electron chi connectivity index (χ2n) is 6.90. The van der Waals surface area contributed by atoms with E-state index in [2.05, 4.69) is 22.1 Å². The van der Waals surface area contributed by atoms with E-state index in [0.717, 1.165) is 33.9 Å². The second-order valence-corrected chi connectivity index (χ2v) is 6.90. The van der Waals surface area contributed by atoms with Crippen molar-refractivity contribution in [2.24, 2.45) is 5.73 Å². The molecule has 0 aromatic carbocycles. The first-order valence-corrected chi connectivity index (χ1v) is 9.04. The number of aliphatic hydroxyl groups excluding tert-OH is 1. The zero-order chi connectivity index (χ0) is 18.4. The maximum atomic E-state index is 9.79. The Morgan fingerprint density at radius 2 is 1.96 bits per heavy atom. The van der Waals surface area contributed by atoms with Gasteiger partial charge in [0.1, 0.15) is 11.9 Å². The number of nitrogens with zero attached hydrogens (tertiary/aromatic N) is 4. The van der Waals surface area contributed by atoms with Gasteiger partial charge in [-0.05, 0) is 43.2 Å². The molecule has 27 heavy (non-hydrogen) atoms. The van der Waals surface area contributed by atoms with E-state index in [1.54, 1.807) is 12.4 Å². The molecule has 1 fully saturated rings. The molecule has 1 saturated carbocycles. The van der Waals surface area contributed by atoms with Gasteiger partial charge in [-0.15, -0.1) is 0 Å². The molecule has 134 valence electrons. The van der Waals surface area contributed by atoms with E-state index in [1.165, 1.54) is 12.8 Å². The lowest BCUT2D eigenvalue weighted by Gasteiger charge is -2.11. The van der Waals surface area contributed by atoms with Crippen LogP contribution in [0.4, 0.5) is 0 Å². The highest BCUT2D eigenvalue weighted by atomic mass is 16.3. The summed E-state index contributed by atoms with van der Waals surface area (Å²) in [6.07, 6.45) is 6.66. The average molecular weight is 357 g/mol. The molecule has 3 N–H and O–H groups in total. The van der Waals surface area contributed by atoms with Gasteiger partial charge in [-0.3, -0.25) is 14.4 Å². The predicted octanol–water partition coefficient (Wildman–Crippen LogP) is 3.29. The fraction of sp³-hybridized carbons (Fsp3) is 0.190. The molecule has 0 spiro atoms. The fourth-order valence-electron chi connectivity index (χ4n) is 3.41. The molecule has 0 amide bonds. The molecule has 6 nitrogen and oxygen atoms in total. The van der Waals surface area contributed by atoms with Crippen LogP contribution in [0.25, 0.3) is 28.2 Å². The number of hydrogen-bond acceptors (Lipinski definition) is 5. The van der Waals surface area contributed by atoms with E-state index in [0.29, 0.717) is 11.6 Å². The van der Waals surface area contributed by atoms with Gasteiger partial charge in [-0.2, -0.15) is 0 Å². The van der Waals surface area contributed by atoms with Crippen molar-refractivity contribution in [2.45, 2.75) is 25.0 Å². The summed E-state index contributed by atoms with van der Waals surface area (Å²) < 4.78 is 1.81. The van der Waals surface area contributed by atoms with Crippen LogP contribution < -0.4 is 5.73 Å². The molecular weight excluding hydrogens is 338 g/mol. The van der Waals surface area contributed by atoms with Crippen LogP contribution in [0.2, 0.25) is 0 Å². The third-order valence-corrected chi connectivity index (χ3v) is 4.96. The number of nitrogens with two attached hydrogens (primary N) is 1. The molecule has 1 atom stereocenters. The Morgan fingerprint density at radius 3 is 2.78 bits per heavy atom. The van der Waals surface area contributed by atoms with Crippen LogP contribution in [-0.2, 0) is 0 Å².